The Kier molecular flexibility index (Phi) is 8.26. The third kappa shape index (κ3) is 5.05. The van der Waals surface area contributed by atoms with Crippen LogP contribution in [0.25, 0.3) is 0 Å². The van der Waals surface area contributed by atoms with Gasteiger partial charge in [-0.05, 0) is 24.3 Å². The van der Waals surface area contributed by atoms with E-state index in [4.69, 9.17) is 15.2 Å². The Hall–Kier alpha value is -0.640. The highest BCUT2D eigenvalue weighted by Crippen LogP contribution is 2.41. The van der Waals surface area contributed by atoms with Gasteiger partial charge in [-0.3, -0.25) is 0 Å². The summed E-state index contributed by atoms with van der Waals surface area (Å²) in [7, 11) is 0. The summed E-state index contributed by atoms with van der Waals surface area (Å²) >= 11 is 2.02. The first-order valence-electron chi connectivity index (χ1n) is 9.37. The van der Waals surface area contributed by atoms with E-state index in [0.29, 0.717) is 5.69 Å². The molecule has 2 saturated heterocycles. The molecule has 2 aliphatic rings. The quantitative estimate of drug-likeness (QED) is 0.210. The Labute approximate surface area is 181 Å². The molecule has 9 N–H and O–H groups in total. The molecule has 0 radical (unpaired) electrons. The summed E-state index contributed by atoms with van der Waals surface area (Å²) in [6.45, 7) is -1.06. The van der Waals surface area contributed by atoms with Crippen molar-refractivity contribution in [1.82, 2.24) is 0 Å². The number of aliphatic hydroxyl groups is 7. The highest BCUT2D eigenvalue weighted by Gasteiger charge is 2.50. The van der Waals surface area contributed by atoms with Gasteiger partial charge >= 0.3 is 0 Å². The van der Waals surface area contributed by atoms with Crippen molar-refractivity contribution in [1.29, 1.82) is 0 Å². The molecule has 2 heterocycles. The minimum absolute atomic E-state index is 0.475. The summed E-state index contributed by atoms with van der Waals surface area (Å²) in [6.07, 6.45) is -9.27. The molecule has 0 unspecified atom stereocenters. The smallest absolute Gasteiger partial charge is 0.136 e. The van der Waals surface area contributed by atoms with Gasteiger partial charge in [0, 0.05) is 10.6 Å². The van der Waals surface area contributed by atoms with Crippen LogP contribution in [0.2, 0.25) is 0 Å². The molecule has 10 atom stereocenters. The van der Waals surface area contributed by atoms with E-state index < -0.39 is 72.1 Å². The number of thioether (sulfide) groups is 2. The number of benzene rings is 1. The van der Waals surface area contributed by atoms with Gasteiger partial charge in [0.1, 0.15) is 41.4 Å². The zero-order valence-electron chi connectivity index (χ0n) is 15.8. The number of hydrogen-bond donors (Lipinski definition) is 8. The largest absolute Gasteiger partial charge is 0.399 e. The van der Waals surface area contributed by atoms with Gasteiger partial charge in [0.25, 0.3) is 0 Å². The molecule has 10 nitrogen and oxygen atoms in total. The predicted octanol–water partition coefficient (Wildman–Crippen LogP) is -2.30. The zero-order chi connectivity index (χ0) is 22.0. The van der Waals surface area contributed by atoms with E-state index in [1.165, 1.54) is 0 Å². The molecule has 0 bridgehead atoms. The molecule has 0 spiro atoms. The number of rotatable bonds is 6. The molecule has 2 aliphatic heterocycles. The first-order valence-corrected chi connectivity index (χ1v) is 11.2. The average Bonchev–Trinajstić information content (AvgIpc) is 2.74. The Bertz CT molecular complexity index is 680. The van der Waals surface area contributed by atoms with Crippen molar-refractivity contribution in [2.75, 3.05) is 18.9 Å². The van der Waals surface area contributed by atoms with E-state index >= 15 is 0 Å². The second-order valence-electron chi connectivity index (χ2n) is 7.19. The highest BCUT2D eigenvalue weighted by atomic mass is 32.2. The van der Waals surface area contributed by atoms with Crippen LogP contribution in [0.1, 0.15) is 0 Å². The first kappa shape index (κ1) is 24.0. The number of anilines is 1. The highest BCUT2D eigenvalue weighted by molar-refractivity contribution is 8.00. The number of nitrogen functional groups attached to an aromatic ring is 1. The van der Waals surface area contributed by atoms with Crippen LogP contribution in [0.3, 0.4) is 0 Å². The Balaban J connectivity index is 1.71. The summed E-state index contributed by atoms with van der Waals surface area (Å²) in [5.74, 6) is 0. The maximum absolute atomic E-state index is 10.7. The van der Waals surface area contributed by atoms with Crippen molar-refractivity contribution in [3.63, 3.8) is 0 Å². The molecule has 1 aromatic rings. The first-order chi connectivity index (χ1) is 14.3. The van der Waals surface area contributed by atoms with Gasteiger partial charge in [-0.1, -0.05) is 11.8 Å². The van der Waals surface area contributed by atoms with Gasteiger partial charge in [0.15, 0.2) is 0 Å². The Morgan fingerprint density at radius 1 is 0.733 bits per heavy atom. The molecule has 1 aromatic carbocycles. The van der Waals surface area contributed by atoms with Crippen LogP contribution in [0.15, 0.2) is 29.2 Å². The van der Waals surface area contributed by atoms with Gasteiger partial charge in [0.2, 0.25) is 0 Å². The lowest BCUT2D eigenvalue weighted by Crippen LogP contribution is -2.60. The molecular formula is C18H27NO9S2. The number of aliphatic hydroxyl groups excluding tert-OH is 7. The molecule has 3 rings (SSSR count). The van der Waals surface area contributed by atoms with Crippen LogP contribution in [0, 0.1) is 0 Å². The van der Waals surface area contributed by atoms with Crippen LogP contribution in [0.4, 0.5) is 5.69 Å². The van der Waals surface area contributed by atoms with E-state index in [0.717, 1.165) is 28.4 Å². The summed E-state index contributed by atoms with van der Waals surface area (Å²) in [5.41, 5.74) is 4.24. The van der Waals surface area contributed by atoms with Crippen molar-refractivity contribution in [2.24, 2.45) is 0 Å². The van der Waals surface area contributed by atoms with Crippen molar-refractivity contribution in [3.8, 4) is 0 Å². The van der Waals surface area contributed by atoms with Crippen LogP contribution in [-0.2, 0) is 9.47 Å². The standard InChI is InChI=1S/C18H27NO9S2/c19-7-1-3-8(4-2-7)29-17-15(26)13(24)16(10(6-21)28-17)30-18-14(25)12(23)11(22)9(5-20)27-18/h1-4,9-18,20-26H,5-6,19H2/t9-,10-,11-,12+,13-,14-,15-,16-,17+,18+/m1/s1. The van der Waals surface area contributed by atoms with Crippen molar-refractivity contribution >= 4 is 29.2 Å². The number of ether oxygens (including phenoxy) is 2. The third-order valence-electron chi connectivity index (χ3n) is 5.09. The predicted molar refractivity (Wildman–Crippen MR) is 110 cm³/mol. The topological polar surface area (TPSA) is 186 Å². The van der Waals surface area contributed by atoms with E-state index in [9.17, 15) is 35.7 Å². The van der Waals surface area contributed by atoms with E-state index in [2.05, 4.69) is 0 Å². The lowest BCUT2D eigenvalue weighted by molar-refractivity contribution is -0.206. The van der Waals surface area contributed by atoms with E-state index in [-0.39, 0.29) is 0 Å². The van der Waals surface area contributed by atoms with Crippen LogP contribution in [0.5, 0.6) is 0 Å². The summed E-state index contributed by atoms with van der Waals surface area (Å²) in [4.78, 5) is 0.747. The number of hydrogen-bond acceptors (Lipinski definition) is 12. The summed E-state index contributed by atoms with van der Waals surface area (Å²) < 4.78 is 11.2. The fraction of sp³-hybridized carbons (Fsp3) is 0.667. The van der Waals surface area contributed by atoms with Gasteiger partial charge in [-0.15, -0.1) is 11.8 Å². The van der Waals surface area contributed by atoms with Crippen LogP contribution >= 0.6 is 23.5 Å². The number of nitrogens with two attached hydrogens (primary N) is 1. The van der Waals surface area contributed by atoms with Crippen LogP contribution in [-0.4, -0.2) is 108 Å². The molecule has 12 heteroatoms. The molecule has 170 valence electrons. The summed E-state index contributed by atoms with van der Waals surface area (Å²) in [5, 5.41) is 69.6. The average molecular weight is 466 g/mol. The van der Waals surface area contributed by atoms with Gasteiger partial charge in [-0.25, -0.2) is 0 Å². The Morgan fingerprint density at radius 2 is 1.30 bits per heavy atom. The fourth-order valence-electron chi connectivity index (χ4n) is 3.33. The van der Waals surface area contributed by atoms with Gasteiger partial charge < -0.3 is 51.0 Å². The lowest BCUT2D eigenvalue weighted by Gasteiger charge is -2.45. The van der Waals surface area contributed by atoms with Crippen molar-refractivity contribution in [3.05, 3.63) is 24.3 Å². The van der Waals surface area contributed by atoms with E-state index in [1.807, 2.05) is 0 Å². The molecule has 0 saturated carbocycles. The summed E-state index contributed by atoms with van der Waals surface area (Å²) in [6, 6.07) is 6.86. The lowest BCUT2D eigenvalue weighted by atomic mass is 10.0. The fourth-order valence-corrected chi connectivity index (χ4v) is 5.88. The SMILES string of the molecule is Nc1ccc(S[C@@H]2O[C@H](CO)[C@@H](S[C@@H]3O[C@H](CO)[C@@H](O)[C@H](O)[C@H]3O)[C@H](O)[C@H]2O)cc1. The third-order valence-corrected chi connectivity index (χ3v) is 7.81. The Morgan fingerprint density at radius 3 is 1.90 bits per heavy atom. The molecular weight excluding hydrogens is 438 g/mol. The van der Waals surface area contributed by atoms with Crippen molar-refractivity contribution < 1.29 is 45.2 Å². The maximum Gasteiger partial charge on any atom is 0.136 e. The van der Waals surface area contributed by atoms with Crippen LogP contribution < -0.4 is 5.73 Å². The zero-order valence-corrected chi connectivity index (χ0v) is 17.5. The molecule has 30 heavy (non-hydrogen) atoms. The maximum atomic E-state index is 10.7. The normalized spacial score (nSPS) is 42.2. The van der Waals surface area contributed by atoms with Gasteiger partial charge in [0.05, 0.1) is 30.7 Å². The molecule has 2 fully saturated rings. The second-order valence-corrected chi connectivity index (χ2v) is 9.64. The minimum Gasteiger partial charge on any atom is -0.399 e. The van der Waals surface area contributed by atoms with E-state index in [1.54, 1.807) is 24.3 Å². The molecule has 0 aromatic heterocycles. The molecule has 0 aliphatic carbocycles. The monoisotopic (exact) mass is 465 g/mol. The van der Waals surface area contributed by atoms with Crippen molar-refractivity contribution in [2.45, 2.75) is 63.7 Å². The second kappa shape index (κ2) is 10.3. The van der Waals surface area contributed by atoms with Gasteiger partial charge in [-0.2, -0.15) is 0 Å². The minimum atomic E-state index is -1.57. The molecule has 0 amide bonds.